The molecule has 0 bridgehead atoms. The first kappa shape index (κ1) is 19.2. The normalized spacial score (nSPS) is 10.6. The summed E-state index contributed by atoms with van der Waals surface area (Å²) in [4.78, 5) is 23.6. The maximum Gasteiger partial charge on any atom is 0.303 e. The van der Waals surface area contributed by atoms with Gasteiger partial charge in [-0.05, 0) is 48.5 Å². The number of carboxylic acid groups (broad SMARTS) is 1. The Balaban J connectivity index is 1.95. The number of hydrogen-bond acceptors (Lipinski definition) is 2. The van der Waals surface area contributed by atoms with Gasteiger partial charge in [0.05, 0.1) is 12.1 Å². The Morgan fingerprint density at radius 3 is 2.30 bits per heavy atom. The van der Waals surface area contributed by atoms with Gasteiger partial charge in [0.15, 0.2) is 0 Å². The van der Waals surface area contributed by atoms with E-state index >= 15 is 0 Å². The molecular weight excluding hydrogens is 432 g/mol. The van der Waals surface area contributed by atoms with Crippen LogP contribution in [0.5, 0.6) is 0 Å². The van der Waals surface area contributed by atoms with Crippen molar-refractivity contribution >= 4 is 39.4 Å². The fourth-order valence-electron chi connectivity index (χ4n) is 2.65. The third kappa shape index (κ3) is 4.78. The van der Waals surface area contributed by atoms with Gasteiger partial charge in [-0.1, -0.05) is 39.7 Å². The third-order valence-corrected chi connectivity index (χ3v) is 4.80. The topological polar surface area (TPSA) is 71.3 Å². The maximum atomic E-state index is 12.7. The van der Waals surface area contributed by atoms with Gasteiger partial charge in [-0.3, -0.25) is 19.7 Å². The summed E-state index contributed by atoms with van der Waals surface area (Å²) in [7, 11) is 0. The molecule has 2 aromatic carbocycles. The van der Waals surface area contributed by atoms with Crippen LogP contribution in [-0.4, -0.2) is 21.7 Å². The number of carbonyl (C=O) groups is 2. The molecule has 3 rings (SSSR count). The molecule has 0 spiro atoms. The molecule has 0 saturated carbocycles. The van der Waals surface area contributed by atoms with Crippen LogP contribution in [0.1, 0.15) is 22.5 Å². The summed E-state index contributed by atoms with van der Waals surface area (Å²) in [5, 5.41) is 9.54. The molecule has 1 amide bonds. The number of rotatable bonds is 6. The lowest BCUT2D eigenvalue weighted by atomic mass is 10.1. The highest BCUT2D eigenvalue weighted by atomic mass is 79.9. The minimum Gasteiger partial charge on any atom is -0.481 e. The van der Waals surface area contributed by atoms with Crippen molar-refractivity contribution in [1.82, 2.24) is 4.68 Å². The molecule has 138 valence electrons. The van der Waals surface area contributed by atoms with Gasteiger partial charge in [0.25, 0.3) is 5.91 Å². The molecule has 0 atom stereocenters. The molecule has 3 aromatic rings. The number of hydrogen-bond donors (Lipinski definition) is 2. The van der Waals surface area contributed by atoms with E-state index in [1.807, 2.05) is 36.4 Å². The molecule has 0 saturated heterocycles. The Labute approximate surface area is 169 Å². The monoisotopic (exact) mass is 446 g/mol. The average Bonchev–Trinajstić information content (AvgIpc) is 3.03. The molecule has 0 aliphatic carbocycles. The minimum absolute atomic E-state index is 0.0272. The number of nitrogens with zero attached hydrogens (tertiary/aromatic N) is 1. The Bertz CT molecular complexity index is 966. The van der Waals surface area contributed by atoms with E-state index in [0.29, 0.717) is 22.7 Å². The maximum absolute atomic E-state index is 12.7. The van der Waals surface area contributed by atoms with Crippen LogP contribution in [0.25, 0.3) is 11.3 Å². The van der Waals surface area contributed by atoms with E-state index in [4.69, 9.17) is 16.7 Å². The number of halogens is 2. The third-order valence-electron chi connectivity index (χ3n) is 4.02. The van der Waals surface area contributed by atoms with Gasteiger partial charge < -0.3 is 5.11 Å². The van der Waals surface area contributed by atoms with Gasteiger partial charge in [0.2, 0.25) is 0 Å². The summed E-state index contributed by atoms with van der Waals surface area (Å²) in [6.45, 7) is 0. The predicted molar refractivity (Wildman–Crippen MR) is 109 cm³/mol. The highest BCUT2D eigenvalue weighted by molar-refractivity contribution is 9.10. The fraction of sp³-hybridized carbons (Fsp3) is 0.100. The minimum atomic E-state index is -0.892. The van der Waals surface area contributed by atoms with E-state index in [2.05, 4.69) is 21.4 Å². The zero-order valence-electron chi connectivity index (χ0n) is 14.2. The van der Waals surface area contributed by atoms with Crippen LogP contribution in [-0.2, 0) is 11.2 Å². The molecule has 0 unspecified atom stereocenters. The van der Waals surface area contributed by atoms with E-state index in [0.717, 1.165) is 15.7 Å². The molecule has 0 fully saturated rings. The average molecular weight is 448 g/mol. The molecular formula is C20H16BrClN2O3. The van der Waals surface area contributed by atoms with E-state index < -0.39 is 5.97 Å². The van der Waals surface area contributed by atoms with Crippen LogP contribution >= 0.6 is 27.5 Å². The largest absolute Gasteiger partial charge is 0.481 e. The van der Waals surface area contributed by atoms with Crippen molar-refractivity contribution in [3.8, 4) is 11.3 Å². The van der Waals surface area contributed by atoms with Gasteiger partial charge in [0, 0.05) is 32.7 Å². The molecule has 5 nitrogen and oxygen atoms in total. The Kier molecular flexibility index (Phi) is 5.98. The van der Waals surface area contributed by atoms with Gasteiger partial charge in [0.1, 0.15) is 0 Å². The lowest BCUT2D eigenvalue weighted by Crippen LogP contribution is -2.25. The second kappa shape index (κ2) is 8.41. The summed E-state index contributed by atoms with van der Waals surface area (Å²) in [6, 6.07) is 17.9. The summed E-state index contributed by atoms with van der Waals surface area (Å²) in [5.41, 5.74) is 5.69. The number of carboxylic acids is 1. The molecule has 0 radical (unpaired) electrons. The van der Waals surface area contributed by atoms with Crippen molar-refractivity contribution in [2.75, 3.05) is 5.43 Å². The lowest BCUT2D eigenvalue weighted by Gasteiger charge is -2.15. The highest BCUT2D eigenvalue weighted by Gasteiger charge is 2.15. The fourth-order valence-corrected chi connectivity index (χ4v) is 3.04. The first-order chi connectivity index (χ1) is 12.9. The van der Waals surface area contributed by atoms with Crippen molar-refractivity contribution in [1.29, 1.82) is 0 Å². The van der Waals surface area contributed by atoms with E-state index in [-0.39, 0.29) is 12.3 Å². The van der Waals surface area contributed by atoms with Crippen molar-refractivity contribution < 1.29 is 14.7 Å². The van der Waals surface area contributed by atoms with Gasteiger partial charge in [-0.25, -0.2) is 0 Å². The van der Waals surface area contributed by atoms with Gasteiger partial charge in [-0.2, -0.15) is 0 Å². The first-order valence-corrected chi connectivity index (χ1v) is 9.36. The number of nitrogens with one attached hydrogen (secondary N) is 1. The van der Waals surface area contributed by atoms with Crippen molar-refractivity contribution in [2.24, 2.45) is 0 Å². The molecule has 2 N–H and O–H groups in total. The number of amides is 1. The zero-order chi connectivity index (χ0) is 19.4. The van der Waals surface area contributed by atoms with E-state index in [1.54, 1.807) is 28.9 Å². The second-order valence-corrected chi connectivity index (χ2v) is 7.25. The SMILES string of the molecule is O=C(O)CCc1ccc(-c2ccc(Br)cc2)n1NC(=O)c1ccc(Cl)cc1. The van der Waals surface area contributed by atoms with Crippen LogP contribution in [0.2, 0.25) is 5.02 Å². The summed E-state index contributed by atoms with van der Waals surface area (Å²) in [5.74, 6) is -1.20. The Hall–Kier alpha value is -2.57. The molecule has 27 heavy (non-hydrogen) atoms. The van der Waals surface area contributed by atoms with Crippen LogP contribution in [0.15, 0.2) is 65.1 Å². The molecule has 7 heteroatoms. The zero-order valence-corrected chi connectivity index (χ0v) is 16.5. The van der Waals surface area contributed by atoms with E-state index in [9.17, 15) is 9.59 Å². The second-order valence-electron chi connectivity index (χ2n) is 5.89. The van der Waals surface area contributed by atoms with E-state index in [1.165, 1.54) is 0 Å². The first-order valence-electron chi connectivity index (χ1n) is 8.19. The van der Waals surface area contributed by atoms with Gasteiger partial charge >= 0.3 is 5.97 Å². The Morgan fingerprint density at radius 1 is 1.00 bits per heavy atom. The Morgan fingerprint density at radius 2 is 1.67 bits per heavy atom. The summed E-state index contributed by atoms with van der Waals surface area (Å²) in [6.07, 6.45) is 0.271. The quantitative estimate of drug-likeness (QED) is 0.560. The number of carbonyl (C=O) groups excluding carboxylic acids is 1. The number of aliphatic carboxylic acids is 1. The van der Waals surface area contributed by atoms with Crippen LogP contribution < -0.4 is 5.43 Å². The number of aromatic nitrogens is 1. The molecule has 0 aliphatic heterocycles. The predicted octanol–water partition coefficient (Wildman–Crippen LogP) is 4.97. The standard InChI is InChI=1S/C20H16BrClN2O3/c21-15-5-1-13(2-6-15)18-11-9-17(10-12-19(25)26)24(18)23-20(27)14-3-7-16(22)8-4-14/h1-9,11H,10,12H2,(H,23,27)(H,25,26). The van der Waals surface area contributed by atoms with Crippen LogP contribution in [0, 0.1) is 0 Å². The summed E-state index contributed by atoms with van der Waals surface area (Å²) < 4.78 is 2.59. The van der Waals surface area contributed by atoms with Crippen molar-refractivity contribution in [2.45, 2.75) is 12.8 Å². The molecule has 1 heterocycles. The van der Waals surface area contributed by atoms with Crippen LogP contribution in [0.4, 0.5) is 0 Å². The van der Waals surface area contributed by atoms with Gasteiger partial charge in [-0.15, -0.1) is 0 Å². The number of aryl methyl sites for hydroxylation is 1. The van der Waals surface area contributed by atoms with Crippen molar-refractivity contribution in [3.05, 3.63) is 81.4 Å². The van der Waals surface area contributed by atoms with Crippen molar-refractivity contribution in [3.63, 3.8) is 0 Å². The van der Waals surface area contributed by atoms with Crippen LogP contribution in [0.3, 0.4) is 0 Å². The molecule has 0 aliphatic rings. The molecule has 1 aromatic heterocycles. The smallest absolute Gasteiger partial charge is 0.303 e. The highest BCUT2D eigenvalue weighted by Crippen LogP contribution is 2.24. The number of benzene rings is 2. The summed E-state index contributed by atoms with van der Waals surface area (Å²) >= 11 is 9.28. The lowest BCUT2D eigenvalue weighted by molar-refractivity contribution is -0.136.